The van der Waals surface area contributed by atoms with Crippen molar-refractivity contribution in [3.8, 4) is 0 Å². The third-order valence-electron chi connectivity index (χ3n) is 4.35. The van der Waals surface area contributed by atoms with Crippen molar-refractivity contribution >= 4 is 58.1 Å². The van der Waals surface area contributed by atoms with Gasteiger partial charge in [-0.25, -0.2) is 4.98 Å². The summed E-state index contributed by atoms with van der Waals surface area (Å²) < 4.78 is 6.52. The second kappa shape index (κ2) is 11.3. The first-order valence-corrected chi connectivity index (χ1v) is 11.9. The van der Waals surface area contributed by atoms with Crippen LogP contribution in [0.25, 0.3) is 0 Å². The molecule has 0 spiro atoms. The zero-order chi connectivity index (χ0) is 21.5. The molecule has 2 amide bonds. The molecule has 1 aliphatic heterocycles. The van der Waals surface area contributed by atoms with Gasteiger partial charge < -0.3 is 15.8 Å². The summed E-state index contributed by atoms with van der Waals surface area (Å²) in [6.45, 7) is 3.34. The molecule has 2 heterocycles. The molecule has 0 radical (unpaired) electrons. The molecular weight excluding hydrogens is 467 g/mol. The zero-order valence-corrected chi connectivity index (χ0v) is 19.3. The molecule has 1 aromatic carbocycles. The topological polar surface area (TPSA) is 97.5 Å². The van der Waals surface area contributed by atoms with Crippen molar-refractivity contribution in [3.05, 3.63) is 44.9 Å². The van der Waals surface area contributed by atoms with Crippen molar-refractivity contribution in [2.45, 2.75) is 23.4 Å². The summed E-state index contributed by atoms with van der Waals surface area (Å²) in [4.78, 5) is 29.6. The summed E-state index contributed by atoms with van der Waals surface area (Å²) in [5.41, 5.74) is 6.88. The van der Waals surface area contributed by atoms with Crippen LogP contribution in [0.4, 0.5) is 0 Å². The molecule has 7 nitrogen and oxygen atoms in total. The number of nitrogens with zero attached hydrogens (tertiary/aromatic N) is 2. The predicted octanol–water partition coefficient (Wildman–Crippen LogP) is 2.59. The molecule has 0 bridgehead atoms. The number of hydrogen-bond acceptors (Lipinski definition) is 7. The van der Waals surface area contributed by atoms with Gasteiger partial charge in [0.1, 0.15) is 0 Å². The minimum Gasteiger partial charge on any atom is -0.374 e. The van der Waals surface area contributed by atoms with Gasteiger partial charge in [0.25, 0.3) is 0 Å². The monoisotopic (exact) mass is 488 g/mol. The number of rotatable bonds is 9. The number of carbonyl (C=O) groups is 2. The smallest absolute Gasteiger partial charge is 0.230 e. The van der Waals surface area contributed by atoms with Crippen LogP contribution in [-0.2, 0) is 27.3 Å². The number of carbonyl (C=O) groups excluding carboxylic acids is 2. The maximum absolute atomic E-state index is 12.2. The average Bonchev–Trinajstić information content (AvgIpc) is 3.14. The lowest BCUT2D eigenvalue weighted by molar-refractivity contribution is -0.120. The Morgan fingerprint density at radius 2 is 2.20 bits per heavy atom. The number of nitrogens with one attached hydrogen (secondary N) is 1. The Bertz CT molecular complexity index is 896. The Morgan fingerprint density at radius 1 is 1.37 bits per heavy atom. The Labute approximate surface area is 193 Å². The SMILES string of the molecule is NC(=O)Cc1csc(SCC(=O)NC[C@H]2CN(Cc3ccc(Cl)c(Cl)c3)CCO2)n1. The van der Waals surface area contributed by atoms with Gasteiger partial charge >= 0.3 is 0 Å². The van der Waals surface area contributed by atoms with Crippen LogP contribution < -0.4 is 11.1 Å². The molecule has 3 rings (SSSR count). The maximum atomic E-state index is 12.2. The predicted molar refractivity (Wildman–Crippen MR) is 120 cm³/mol. The number of thiazole rings is 1. The molecular formula is C19H22Cl2N4O3S2. The van der Waals surface area contributed by atoms with E-state index < -0.39 is 5.91 Å². The molecule has 1 atom stereocenters. The van der Waals surface area contributed by atoms with E-state index in [0.717, 1.165) is 29.5 Å². The molecule has 11 heteroatoms. The van der Waals surface area contributed by atoms with Gasteiger partial charge in [0, 0.05) is 31.6 Å². The molecule has 1 fully saturated rings. The Kier molecular flexibility index (Phi) is 8.79. The van der Waals surface area contributed by atoms with E-state index >= 15 is 0 Å². The van der Waals surface area contributed by atoms with Gasteiger partial charge in [-0.1, -0.05) is 41.0 Å². The normalized spacial score (nSPS) is 17.1. The number of thioether (sulfide) groups is 1. The van der Waals surface area contributed by atoms with E-state index in [1.165, 1.54) is 23.1 Å². The van der Waals surface area contributed by atoms with Gasteiger partial charge in [0.15, 0.2) is 4.34 Å². The van der Waals surface area contributed by atoms with Crippen LogP contribution in [-0.4, -0.2) is 59.8 Å². The fourth-order valence-electron chi connectivity index (χ4n) is 2.96. The standard InChI is InChI=1S/C19H22Cl2N4O3S2/c20-15-2-1-12(5-16(15)21)8-25-3-4-28-14(9-25)7-23-18(27)11-30-19-24-13(10-29-19)6-17(22)26/h1-2,5,10,14H,3-4,6-9,11H2,(H2,22,26)(H,23,27)/t14-/m0/s1. The van der Waals surface area contributed by atoms with Crippen LogP contribution >= 0.6 is 46.3 Å². The number of hydrogen-bond donors (Lipinski definition) is 2. The second-order valence-electron chi connectivity index (χ2n) is 6.82. The van der Waals surface area contributed by atoms with Crippen LogP contribution in [0.3, 0.4) is 0 Å². The Balaban J connectivity index is 1.39. The summed E-state index contributed by atoms with van der Waals surface area (Å²) in [7, 11) is 0. The zero-order valence-electron chi connectivity index (χ0n) is 16.1. The molecule has 30 heavy (non-hydrogen) atoms. The fraction of sp³-hybridized carbons (Fsp3) is 0.421. The third-order valence-corrected chi connectivity index (χ3v) is 7.16. The lowest BCUT2D eigenvalue weighted by Crippen LogP contribution is -2.47. The van der Waals surface area contributed by atoms with Crippen molar-refractivity contribution in [3.63, 3.8) is 0 Å². The van der Waals surface area contributed by atoms with Gasteiger partial charge in [-0.2, -0.15) is 0 Å². The van der Waals surface area contributed by atoms with E-state index in [1.807, 2.05) is 12.1 Å². The first-order valence-electron chi connectivity index (χ1n) is 9.29. The molecule has 0 unspecified atom stereocenters. The van der Waals surface area contributed by atoms with E-state index in [1.54, 1.807) is 11.4 Å². The average molecular weight is 489 g/mol. The Morgan fingerprint density at radius 3 is 2.97 bits per heavy atom. The second-order valence-corrected chi connectivity index (χ2v) is 9.71. The van der Waals surface area contributed by atoms with E-state index in [9.17, 15) is 9.59 Å². The lowest BCUT2D eigenvalue weighted by Gasteiger charge is -2.33. The van der Waals surface area contributed by atoms with Crippen molar-refractivity contribution in [1.82, 2.24) is 15.2 Å². The number of halogens is 2. The van der Waals surface area contributed by atoms with Crippen LogP contribution in [0.2, 0.25) is 10.0 Å². The summed E-state index contributed by atoms with van der Waals surface area (Å²) in [5, 5.41) is 5.79. The number of primary amides is 1. The highest BCUT2D eigenvalue weighted by atomic mass is 35.5. The van der Waals surface area contributed by atoms with Crippen LogP contribution in [0, 0.1) is 0 Å². The number of nitrogens with two attached hydrogens (primary N) is 1. The van der Waals surface area contributed by atoms with Crippen molar-refractivity contribution in [2.24, 2.45) is 5.73 Å². The Hall–Kier alpha value is -1.36. The van der Waals surface area contributed by atoms with Crippen LogP contribution in [0.1, 0.15) is 11.3 Å². The molecule has 0 saturated carbocycles. The van der Waals surface area contributed by atoms with Gasteiger partial charge in [0.2, 0.25) is 11.8 Å². The number of benzene rings is 1. The lowest BCUT2D eigenvalue weighted by atomic mass is 10.2. The molecule has 1 aromatic heterocycles. The molecule has 3 N–H and O–H groups in total. The van der Waals surface area contributed by atoms with Gasteiger partial charge in [-0.15, -0.1) is 11.3 Å². The largest absolute Gasteiger partial charge is 0.374 e. The number of aromatic nitrogens is 1. The quantitative estimate of drug-likeness (QED) is 0.526. The highest BCUT2D eigenvalue weighted by Crippen LogP contribution is 2.24. The third kappa shape index (κ3) is 7.40. The highest BCUT2D eigenvalue weighted by Gasteiger charge is 2.21. The minimum absolute atomic E-state index is 0.0718. The van der Waals surface area contributed by atoms with Crippen molar-refractivity contribution in [1.29, 1.82) is 0 Å². The van der Waals surface area contributed by atoms with Crippen LogP contribution in [0.15, 0.2) is 27.9 Å². The number of amides is 2. The number of morpholine rings is 1. The van der Waals surface area contributed by atoms with Crippen LogP contribution in [0.5, 0.6) is 0 Å². The number of ether oxygens (including phenoxy) is 1. The summed E-state index contributed by atoms with van der Waals surface area (Å²) in [6.07, 6.45) is 0.0403. The van der Waals surface area contributed by atoms with Gasteiger partial charge in [-0.3, -0.25) is 14.5 Å². The molecule has 2 aromatic rings. The minimum atomic E-state index is -0.421. The van der Waals surface area contributed by atoms with Crippen molar-refractivity contribution < 1.29 is 14.3 Å². The molecule has 0 aliphatic carbocycles. The van der Waals surface area contributed by atoms with Gasteiger partial charge in [-0.05, 0) is 17.7 Å². The van der Waals surface area contributed by atoms with Crippen molar-refractivity contribution in [2.75, 3.05) is 32.0 Å². The van der Waals surface area contributed by atoms with Gasteiger partial charge in [0.05, 0.1) is 40.6 Å². The molecule has 1 aliphatic rings. The molecule has 162 valence electrons. The van der Waals surface area contributed by atoms with E-state index in [4.69, 9.17) is 33.7 Å². The van der Waals surface area contributed by atoms with E-state index in [2.05, 4.69) is 15.2 Å². The van der Waals surface area contributed by atoms with E-state index in [0.29, 0.717) is 28.9 Å². The first-order chi connectivity index (χ1) is 14.4. The molecule has 1 saturated heterocycles. The summed E-state index contributed by atoms with van der Waals surface area (Å²) >= 11 is 14.8. The summed E-state index contributed by atoms with van der Waals surface area (Å²) in [6, 6.07) is 5.64. The highest BCUT2D eigenvalue weighted by molar-refractivity contribution is 8.01. The fourth-order valence-corrected chi connectivity index (χ4v) is 4.96. The summed E-state index contributed by atoms with van der Waals surface area (Å²) in [5.74, 6) is -0.254. The first kappa shape index (κ1) is 23.3. The maximum Gasteiger partial charge on any atom is 0.230 e. The van der Waals surface area contributed by atoms with E-state index in [-0.39, 0.29) is 24.2 Å².